The van der Waals surface area contributed by atoms with E-state index in [-0.39, 0.29) is 17.3 Å². The molecule has 0 saturated carbocycles. The number of nitrogens with zero attached hydrogens (tertiary/aromatic N) is 3. The number of nitro groups is 1. The van der Waals surface area contributed by atoms with Crippen molar-refractivity contribution in [1.29, 1.82) is 0 Å². The van der Waals surface area contributed by atoms with Gasteiger partial charge in [-0.25, -0.2) is 0 Å². The van der Waals surface area contributed by atoms with Crippen molar-refractivity contribution in [3.63, 3.8) is 0 Å². The maximum absolute atomic E-state index is 12.8. The summed E-state index contributed by atoms with van der Waals surface area (Å²) in [5.41, 5.74) is -0.623. The van der Waals surface area contributed by atoms with E-state index in [9.17, 15) is 28.5 Å². The van der Waals surface area contributed by atoms with Crippen molar-refractivity contribution in [2.75, 3.05) is 17.7 Å². The number of nitrogens with one attached hydrogen (secondary N) is 2. The third-order valence-corrected chi connectivity index (χ3v) is 4.63. The van der Waals surface area contributed by atoms with Crippen LogP contribution < -0.4 is 20.1 Å². The van der Waals surface area contributed by atoms with Gasteiger partial charge in [-0.05, 0) is 31.2 Å². The molecule has 1 aromatic heterocycles. The molecule has 11 nitrogen and oxygen atoms in total. The van der Waals surface area contributed by atoms with E-state index in [1.165, 1.54) is 16.8 Å². The molecule has 0 aliphatic heterocycles. The Kier molecular flexibility index (Phi) is 7.36. The zero-order chi connectivity index (χ0) is 24.8. The van der Waals surface area contributed by atoms with Crippen LogP contribution in [0, 0.1) is 10.1 Å². The van der Waals surface area contributed by atoms with Crippen LogP contribution in [0.25, 0.3) is 0 Å². The van der Waals surface area contributed by atoms with E-state index < -0.39 is 40.5 Å². The smallest absolute Gasteiger partial charge is 0.387 e. The number of carbonyl (C=O) groups is 2. The van der Waals surface area contributed by atoms with Crippen LogP contribution in [0.1, 0.15) is 23.3 Å². The summed E-state index contributed by atoms with van der Waals surface area (Å²) in [6.07, 6.45) is 3.18. The van der Waals surface area contributed by atoms with Gasteiger partial charge in [0.05, 0.1) is 18.1 Å². The van der Waals surface area contributed by atoms with E-state index >= 15 is 0 Å². The lowest BCUT2D eigenvalue weighted by molar-refractivity contribution is -0.385. The van der Waals surface area contributed by atoms with Gasteiger partial charge in [0.2, 0.25) is 5.91 Å². The first-order valence-electron chi connectivity index (χ1n) is 9.72. The molecule has 0 saturated heterocycles. The summed E-state index contributed by atoms with van der Waals surface area (Å²) >= 11 is 0. The van der Waals surface area contributed by atoms with Crippen molar-refractivity contribution in [3.05, 3.63) is 70.5 Å². The molecule has 3 aromatic rings. The maximum atomic E-state index is 12.8. The second-order valence-corrected chi connectivity index (χ2v) is 6.84. The quantitative estimate of drug-likeness (QED) is 0.354. The van der Waals surface area contributed by atoms with Gasteiger partial charge in [-0.2, -0.15) is 13.9 Å². The van der Waals surface area contributed by atoms with Crippen molar-refractivity contribution in [1.82, 2.24) is 9.78 Å². The first kappa shape index (κ1) is 24.1. The maximum Gasteiger partial charge on any atom is 0.387 e. The van der Waals surface area contributed by atoms with Gasteiger partial charge in [0.25, 0.3) is 11.6 Å². The molecule has 0 spiro atoms. The summed E-state index contributed by atoms with van der Waals surface area (Å²) in [4.78, 5) is 35.8. The van der Waals surface area contributed by atoms with Gasteiger partial charge in [0.1, 0.15) is 11.6 Å². The van der Waals surface area contributed by atoms with Crippen LogP contribution in [-0.2, 0) is 4.79 Å². The molecular weight excluding hydrogens is 456 g/mol. The van der Waals surface area contributed by atoms with E-state index in [2.05, 4.69) is 20.5 Å². The SMILES string of the molecule is COc1cc(C(=O)Nc2cccc(NC(=O)C(C)n3cccn3)c2)c([N+](=O)[O-])cc1OC(F)F. The molecule has 1 atom stereocenters. The minimum Gasteiger partial charge on any atom is -0.493 e. The fraction of sp³-hybridized carbons (Fsp3) is 0.190. The number of hydrogen-bond acceptors (Lipinski definition) is 7. The van der Waals surface area contributed by atoms with Gasteiger partial charge >= 0.3 is 6.61 Å². The number of hydrogen-bond donors (Lipinski definition) is 2. The zero-order valence-corrected chi connectivity index (χ0v) is 17.9. The molecule has 13 heteroatoms. The predicted molar refractivity (Wildman–Crippen MR) is 116 cm³/mol. The summed E-state index contributed by atoms with van der Waals surface area (Å²) in [6, 6.07) is 8.79. The minimum absolute atomic E-state index is 0.218. The predicted octanol–water partition coefficient (Wildman–Crippen LogP) is 3.85. The second kappa shape index (κ2) is 10.4. The third kappa shape index (κ3) is 5.62. The highest BCUT2D eigenvalue weighted by molar-refractivity contribution is 6.08. The Balaban J connectivity index is 1.81. The minimum atomic E-state index is -3.25. The normalized spacial score (nSPS) is 11.6. The van der Waals surface area contributed by atoms with E-state index in [4.69, 9.17) is 4.74 Å². The zero-order valence-electron chi connectivity index (χ0n) is 17.9. The number of nitro benzene ring substituents is 1. The first-order valence-corrected chi connectivity index (χ1v) is 9.72. The van der Waals surface area contributed by atoms with Gasteiger partial charge in [-0.1, -0.05) is 6.07 Å². The molecule has 2 aromatic carbocycles. The number of rotatable bonds is 9. The number of benzene rings is 2. The van der Waals surface area contributed by atoms with E-state index in [0.29, 0.717) is 11.8 Å². The lowest BCUT2D eigenvalue weighted by atomic mass is 10.1. The summed E-state index contributed by atoms with van der Waals surface area (Å²) < 4.78 is 35.9. The number of carbonyl (C=O) groups excluding carboxylic acids is 2. The summed E-state index contributed by atoms with van der Waals surface area (Å²) in [6.45, 7) is -1.59. The molecule has 3 rings (SSSR count). The Labute approximate surface area is 191 Å². The highest BCUT2D eigenvalue weighted by Crippen LogP contribution is 2.36. The van der Waals surface area contributed by atoms with Crippen molar-refractivity contribution >= 4 is 28.9 Å². The Morgan fingerprint density at radius 3 is 2.41 bits per heavy atom. The van der Waals surface area contributed by atoms with Gasteiger partial charge in [-0.3, -0.25) is 24.4 Å². The fourth-order valence-corrected chi connectivity index (χ4v) is 2.98. The number of anilines is 2. The van der Waals surface area contributed by atoms with E-state index in [0.717, 1.165) is 13.2 Å². The number of amides is 2. The summed E-state index contributed by atoms with van der Waals surface area (Å²) in [7, 11) is 1.14. The molecule has 2 N–H and O–H groups in total. The fourth-order valence-electron chi connectivity index (χ4n) is 2.98. The van der Waals surface area contributed by atoms with Crippen molar-refractivity contribution in [2.45, 2.75) is 19.6 Å². The molecular formula is C21H19F2N5O6. The molecule has 0 radical (unpaired) electrons. The standard InChI is InChI=1S/C21H19F2N5O6/c1-12(27-8-4-7-24-27)19(29)25-13-5-3-6-14(9-13)26-20(30)15-10-17(33-2)18(34-21(22)23)11-16(15)28(31)32/h3-12,21H,1-2H3,(H,25,29)(H,26,30). The highest BCUT2D eigenvalue weighted by atomic mass is 19.3. The van der Waals surface area contributed by atoms with Crippen LogP contribution in [0.15, 0.2) is 54.9 Å². The molecule has 2 amide bonds. The first-order chi connectivity index (χ1) is 16.2. The molecule has 178 valence electrons. The number of methoxy groups -OCH3 is 1. The molecule has 0 aliphatic rings. The molecule has 0 bridgehead atoms. The molecule has 0 fully saturated rings. The van der Waals surface area contributed by atoms with Gasteiger partial charge < -0.3 is 20.1 Å². The van der Waals surface area contributed by atoms with Crippen LogP contribution in [0.4, 0.5) is 25.8 Å². The molecule has 0 aliphatic carbocycles. The van der Waals surface area contributed by atoms with Crippen LogP contribution in [0.5, 0.6) is 11.5 Å². The molecule has 34 heavy (non-hydrogen) atoms. The Morgan fingerprint density at radius 1 is 1.12 bits per heavy atom. The Hall–Kier alpha value is -4.55. The monoisotopic (exact) mass is 475 g/mol. The van der Waals surface area contributed by atoms with Gasteiger partial charge in [0, 0.05) is 29.8 Å². The van der Waals surface area contributed by atoms with Crippen molar-refractivity contribution in [2.24, 2.45) is 0 Å². The van der Waals surface area contributed by atoms with Crippen LogP contribution in [0.2, 0.25) is 0 Å². The van der Waals surface area contributed by atoms with Crippen LogP contribution in [0.3, 0.4) is 0 Å². The van der Waals surface area contributed by atoms with Gasteiger partial charge in [-0.15, -0.1) is 0 Å². The third-order valence-electron chi connectivity index (χ3n) is 4.63. The van der Waals surface area contributed by atoms with Gasteiger partial charge in [0.15, 0.2) is 11.5 Å². The lowest BCUT2D eigenvalue weighted by Gasteiger charge is -2.14. The summed E-state index contributed by atoms with van der Waals surface area (Å²) in [5, 5.41) is 20.6. The van der Waals surface area contributed by atoms with Crippen LogP contribution in [-0.4, -0.2) is 40.2 Å². The molecule has 1 unspecified atom stereocenters. The number of aromatic nitrogens is 2. The van der Waals surface area contributed by atoms with Crippen molar-refractivity contribution in [3.8, 4) is 11.5 Å². The average molecular weight is 475 g/mol. The summed E-state index contributed by atoms with van der Waals surface area (Å²) in [5.74, 6) is -2.13. The number of alkyl halides is 2. The Bertz CT molecular complexity index is 1200. The highest BCUT2D eigenvalue weighted by Gasteiger charge is 2.26. The molecule has 1 heterocycles. The second-order valence-electron chi connectivity index (χ2n) is 6.84. The largest absolute Gasteiger partial charge is 0.493 e. The Morgan fingerprint density at radius 2 is 1.82 bits per heavy atom. The lowest BCUT2D eigenvalue weighted by Crippen LogP contribution is -2.24. The average Bonchev–Trinajstić information content (AvgIpc) is 3.33. The van der Waals surface area contributed by atoms with E-state index in [1.807, 2.05) is 0 Å². The van der Waals surface area contributed by atoms with Crippen LogP contribution >= 0.6 is 0 Å². The van der Waals surface area contributed by atoms with E-state index in [1.54, 1.807) is 37.5 Å². The number of ether oxygens (including phenoxy) is 2. The topological polar surface area (TPSA) is 138 Å². The van der Waals surface area contributed by atoms with Crippen molar-refractivity contribution < 1.29 is 32.8 Å². The number of halogens is 2.